The van der Waals surface area contributed by atoms with Gasteiger partial charge in [0.15, 0.2) is 0 Å². The molecule has 0 spiro atoms. The molecule has 0 radical (unpaired) electrons. The van der Waals surface area contributed by atoms with Crippen LogP contribution in [0.3, 0.4) is 0 Å². The first kappa shape index (κ1) is 16.9. The molecule has 0 aromatic heterocycles. The van der Waals surface area contributed by atoms with Crippen molar-refractivity contribution in [1.29, 1.82) is 0 Å². The number of nitrogens with zero attached hydrogens (tertiary/aromatic N) is 2. The summed E-state index contributed by atoms with van der Waals surface area (Å²) in [4.78, 5) is 5.11. The van der Waals surface area contributed by atoms with E-state index in [1.807, 2.05) is 0 Å². The van der Waals surface area contributed by atoms with E-state index in [-0.39, 0.29) is 5.54 Å². The van der Waals surface area contributed by atoms with Gasteiger partial charge in [-0.05, 0) is 52.4 Å². The molecular formula is C15H33N3O. The van der Waals surface area contributed by atoms with Crippen molar-refractivity contribution in [3.63, 3.8) is 0 Å². The van der Waals surface area contributed by atoms with Crippen molar-refractivity contribution in [2.75, 3.05) is 52.5 Å². The zero-order chi connectivity index (χ0) is 14.1. The highest BCUT2D eigenvalue weighted by Crippen LogP contribution is 2.28. The summed E-state index contributed by atoms with van der Waals surface area (Å²) in [7, 11) is 0. The molecule has 1 atom stereocenters. The second kappa shape index (κ2) is 8.90. The maximum atomic E-state index is 6.17. The van der Waals surface area contributed by atoms with Gasteiger partial charge < -0.3 is 15.4 Å². The summed E-state index contributed by atoms with van der Waals surface area (Å²) in [5.74, 6) is 0. The molecule has 4 heteroatoms. The van der Waals surface area contributed by atoms with Gasteiger partial charge in [0.1, 0.15) is 0 Å². The number of likely N-dealkylation sites (tertiary alicyclic amines) is 1. The minimum Gasteiger partial charge on any atom is -0.380 e. The molecule has 1 rings (SSSR count). The van der Waals surface area contributed by atoms with Crippen LogP contribution in [-0.2, 0) is 4.74 Å². The second-order valence-electron chi connectivity index (χ2n) is 5.49. The van der Waals surface area contributed by atoms with Crippen LogP contribution in [0.2, 0.25) is 0 Å². The summed E-state index contributed by atoms with van der Waals surface area (Å²) >= 11 is 0. The van der Waals surface area contributed by atoms with E-state index in [2.05, 4.69) is 30.6 Å². The number of ether oxygens (including phenoxy) is 1. The highest BCUT2D eigenvalue weighted by molar-refractivity contribution is 4.94. The van der Waals surface area contributed by atoms with Crippen LogP contribution in [0.1, 0.15) is 40.0 Å². The molecule has 0 bridgehead atoms. The number of rotatable bonds is 8. The molecule has 1 heterocycles. The van der Waals surface area contributed by atoms with E-state index in [0.29, 0.717) is 0 Å². The Bertz CT molecular complexity index is 237. The van der Waals surface area contributed by atoms with Crippen LogP contribution >= 0.6 is 0 Å². The van der Waals surface area contributed by atoms with Crippen LogP contribution in [-0.4, -0.2) is 67.8 Å². The number of nitrogens with two attached hydrogens (primary N) is 1. The monoisotopic (exact) mass is 271 g/mol. The molecule has 19 heavy (non-hydrogen) atoms. The third kappa shape index (κ3) is 4.71. The van der Waals surface area contributed by atoms with E-state index >= 15 is 0 Å². The van der Waals surface area contributed by atoms with Gasteiger partial charge in [-0.3, -0.25) is 4.90 Å². The smallest absolute Gasteiger partial charge is 0.0593 e. The fourth-order valence-corrected chi connectivity index (χ4v) is 3.25. The first-order valence-corrected chi connectivity index (χ1v) is 7.97. The lowest BCUT2D eigenvalue weighted by molar-refractivity contribution is 0.0429. The summed E-state index contributed by atoms with van der Waals surface area (Å²) in [6, 6.07) is 0. The summed E-state index contributed by atoms with van der Waals surface area (Å²) in [5.41, 5.74) is 6.36. The van der Waals surface area contributed by atoms with Gasteiger partial charge in [0.2, 0.25) is 0 Å². The van der Waals surface area contributed by atoms with Crippen LogP contribution < -0.4 is 5.73 Å². The third-order valence-electron chi connectivity index (χ3n) is 4.60. The van der Waals surface area contributed by atoms with Gasteiger partial charge in [-0.2, -0.15) is 0 Å². The Balaban J connectivity index is 2.64. The van der Waals surface area contributed by atoms with Gasteiger partial charge in [0.25, 0.3) is 0 Å². The summed E-state index contributed by atoms with van der Waals surface area (Å²) < 4.78 is 5.53. The topological polar surface area (TPSA) is 41.7 Å². The van der Waals surface area contributed by atoms with Gasteiger partial charge in [-0.15, -0.1) is 0 Å². The average molecular weight is 271 g/mol. The minimum absolute atomic E-state index is 0.190. The molecule has 2 N–H and O–H groups in total. The van der Waals surface area contributed by atoms with Gasteiger partial charge in [0.05, 0.1) is 6.61 Å². The average Bonchev–Trinajstić information content (AvgIpc) is 2.66. The molecule has 0 amide bonds. The highest BCUT2D eigenvalue weighted by Gasteiger charge is 2.35. The number of hydrogen-bond acceptors (Lipinski definition) is 4. The molecule has 1 aliphatic heterocycles. The maximum absolute atomic E-state index is 6.17. The summed E-state index contributed by atoms with van der Waals surface area (Å²) in [5, 5.41) is 0. The van der Waals surface area contributed by atoms with Gasteiger partial charge in [0, 0.05) is 25.2 Å². The van der Waals surface area contributed by atoms with Gasteiger partial charge in [-0.25, -0.2) is 0 Å². The van der Waals surface area contributed by atoms with Crippen molar-refractivity contribution in [2.24, 2.45) is 5.73 Å². The van der Waals surface area contributed by atoms with Crippen molar-refractivity contribution in [3.8, 4) is 0 Å². The van der Waals surface area contributed by atoms with Crippen molar-refractivity contribution in [2.45, 2.75) is 45.6 Å². The predicted molar refractivity (Wildman–Crippen MR) is 81.5 cm³/mol. The normalized spacial score (nSPS) is 25.7. The molecule has 1 fully saturated rings. The molecular weight excluding hydrogens is 238 g/mol. The van der Waals surface area contributed by atoms with Crippen molar-refractivity contribution >= 4 is 0 Å². The van der Waals surface area contributed by atoms with Crippen LogP contribution in [0.15, 0.2) is 0 Å². The van der Waals surface area contributed by atoms with Crippen LogP contribution in [0.4, 0.5) is 0 Å². The van der Waals surface area contributed by atoms with E-state index in [9.17, 15) is 0 Å². The number of hydrogen-bond donors (Lipinski definition) is 1. The van der Waals surface area contributed by atoms with Crippen LogP contribution in [0.25, 0.3) is 0 Å². The van der Waals surface area contributed by atoms with Gasteiger partial charge in [-0.1, -0.05) is 13.8 Å². The van der Waals surface area contributed by atoms with E-state index in [0.717, 1.165) is 39.4 Å². The molecule has 0 aromatic rings. The Hall–Kier alpha value is -0.160. The van der Waals surface area contributed by atoms with Crippen molar-refractivity contribution < 1.29 is 4.74 Å². The van der Waals surface area contributed by atoms with E-state index in [4.69, 9.17) is 10.5 Å². The van der Waals surface area contributed by atoms with Gasteiger partial charge >= 0.3 is 0 Å². The summed E-state index contributed by atoms with van der Waals surface area (Å²) in [6.07, 6.45) is 3.67. The summed E-state index contributed by atoms with van der Waals surface area (Å²) in [6.45, 7) is 14.6. The fraction of sp³-hybridized carbons (Fsp3) is 1.00. The standard InChI is InChI=1S/C15H33N3O/c1-4-17-10-7-8-15(14-16,9-11-17)18(5-2)12-13-19-6-3/h4-14,16H2,1-3H3. The quantitative estimate of drug-likeness (QED) is 0.680. The highest BCUT2D eigenvalue weighted by atomic mass is 16.5. The first-order chi connectivity index (χ1) is 9.22. The predicted octanol–water partition coefficient (Wildman–Crippen LogP) is 1.55. The Morgan fingerprint density at radius 2 is 2.00 bits per heavy atom. The number of likely N-dealkylation sites (N-methyl/N-ethyl adjacent to an activating group) is 1. The fourth-order valence-electron chi connectivity index (χ4n) is 3.25. The molecule has 1 aliphatic rings. The first-order valence-electron chi connectivity index (χ1n) is 7.97. The SMILES string of the molecule is CCOCCN(CC)C1(CN)CCCN(CC)CC1. The molecule has 1 saturated heterocycles. The second-order valence-corrected chi connectivity index (χ2v) is 5.49. The minimum atomic E-state index is 0.190. The van der Waals surface area contributed by atoms with Crippen LogP contribution in [0, 0.1) is 0 Å². The Kier molecular flexibility index (Phi) is 7.91. The third-order valence-corrected chi connectivity index (χ3v) is 4.60. The van der Waals surface area contributed by atoms with E-state index < -0.39 is 0 Å². The lowest BCUT2D eigenvalue weighted by Crippen LogP contribution is -2.55. The Labute approximate surface area is 119 Å². The Morgan fingerprint density at radius 1 is 1.21 bits per heavy atom. The van der Waals surface area contributed by atoms with E-state index in [1.54, 1.807) is 0 Å². The van der Waals surface area contributed by atoms with Crippen molar-refractivity contribution in [3.05, 3.63) is 0 Å². The molecule has 1 unspecified atom stereocenters. The largest absolute Gasteiger partial charge is 0.380 e. The lowest BCUT2D eigenvalue weighted by atomic mass is 9.88. The van der Waals surface area contributed by atoms with Crippen LogP contribution in [0.5, 0.6) is 0 Å². The van der Waals surface area contributed by atoms with Crippen molar-refractivity contribution in [1.82, 2.24) is 9.80 Å². The molecule has 0 saturated carbocycles. The maximum Gasteiger partial charge on any atom is 0.0593 e. The lowest BCUT2D eigenvalue weighted by Gasteiger charge is -2.42. The molecule has 114 valence electrons. The molecule has 0 aliphatic carbocycles. The van der Waals surface area contributed by atoms with E-state index in [1.165, 1.54) is 32.4 Å². The Morgan fingerprint density at radius 3 is 2.58 bits per heavy atom. The zero-order valence-electron chi connectivity index (χ0n) is 13.2. The molecule has 4 nitrogen and oxygen atoms in total. The molecule has 0 aromatic carbocycles. The zero-order valence-corrected chi connectivity index (χ0v) is 13.2.